The maximum absolute atomic E-state index is 13.4. The van der Waals surface area contributed by atoms with E-state index in [1.807, 2.05) is 32.0 Å². The van der Waals surface area contributed by atoms with E-state index < -0.39 is 10.0 Å². The zero-order chi connectivity index (χ0) is 19.6. The van der Waals surface area contributed by atoms with Gasteiger partial charge in [0.05, 0.1) is 17.1 Å². The average Bonchev–Trinajstić information content (AvgIpc) is 2.61. The topological polar surface area (TPSA) is 37.4 Å². The molecule has 0 saturated heterocycles. The summed E-state index contributed by atoms with van der Waals surface area (Å²) in [5.41, 5.74) is 3.08. The Hall–Kier alpha value is -2.01. The second-order valence-corrected chi connectivity index (χ2v) is 9.04. The molecule has 0 aromatic heterocycles. The molecule has 3 nitrogen and oxygen atoms in total. The Bertz CT molecular complexity index is 1040. The monoisotopic (exact) mass is 419 g/mol. The summed E-state index contributed by atoms with van der Waals surface area (Å²) in [4.78, 5) is 0.220. The standard InChI is InChI=1S/C21H19Cl2NO2S/c1-15-9-11-18(12-10-15)27(25,26)24(17-6-3-5-16(2)13-17)14-19-20(22)7-4-8-21(19)23/h3-13H,14H2,1-2H3. The average molecular weight is 420 g/mol. The smallest absolute Gasteiger partial charge is 0.262 e. The predicted octanol–water partition coefficient (Wildman–Crippen LogP) is 6.01. The van der Waals surface area contributed by atoms with E-state index in [1.165, 1.54) is 4.31 Å². The van der Waals surface area contributed by atoms with Crippen LogP contribution in [0.25, 0.3) is 0 Å². The van der Waals surface area contributed by atoms with Gasteiger partial charge in [-0.15, -0.1) is 0 Å². The summed E-state index contributed by atoms with van der Waals surface area (Å²) in [7, 11) is -3.80. The number of hydrogen-bond acceptors (Lipinski definition) is 2. The number of aryl methyl sites for hydroxylation is 2. The normalized spacial score (nSPS) is 11.4. The Morgan fingerprint density at radius 1 is 0.815 bits per heavy atom. The van der Waals surface area contributed by atoms with Crippen LogP contribution in [0.4, 0.5) is 5.69 Å². The number of nitrogens with zero attached hydrogens (tertiary/aromatic N) is 1. The van der Waals surface area contributed by atoms with Crippen molar-refractivity contribution in [1.29, 1.82) is 0 Å². The minimum Gasteiger partial charge on any atom is -0.262 e. The molecule has 0 amide bonds. The van der Waals surface area contributed by atoms with E-state index in [-0.39, 0.29) is 11.4 Å². The summed E-state index contributed by atoms with van der Waals surface area (Å²) in [6, 6.07) is 19.3. The van der Waals surface area contributed by atoms with Gasteiger partial charge >= 0.3 is 0 Å². The Balaban J connectivity index is 2.14. The third kappa shape index (κ3) is 4.29. The van der Waals surface area contributed by atoms with Crippen LogP contribution in [0.5, 0.6) is 0 Å². The summed E-state index contributed by atoms with van der Waals surface area (Å²) < 4.78 is 28.2. The maximum Gasteiger partial charge on any atom is 0.264 e. The minimum atomic E-state index is -3.80. The van der Waals surface area contributed by atoms with Crippen molar-refractivity contribution in [3.63, 3.8) is 0 Å². The van der Waals surface area contributed by atoms with Crippen molar-refractivity contribution >= 4 is 38.9 Å². The van der Waals surface area contributed by atoms with Crippen LogP contribution in [0, 0.1) is 13.8 Å². The fourth-order valence-electron chi connectivity index (χ4n) is 2.76. The molecule has 0 unspecified atom stereocenters. The molecule has 3 aromatic carbocycles. The van der Waals surface area contributed by atoms with Crippen LogP contribution in [0.15, 0.2) is 71.6 Å². The van der Waals surface area contributed by atoms with Crippen LogP contribution in [0.3, 0.4) is 0 Å². The van der Waals surface area contributed by atoms with Crippen molar-refractivity contribution < 1.29 is 8.42 Å². The highest BCUT2D eigenvalue weighted by Gasteiger charge is 2.26. The lowest BCUT2D eigenvalue weighted by Crippen LogP contribution is -2.31. The van der Waals surface area contributed by atoms with Gasteiger partial charge in [-0.25, -0.2) is 8.42 Å². The van der Waals surface area contributed by atoms with Gasteiger partial charge in [0.1, 0.15) is 0 Å². The molecular formula is C21H19Cl2NO2S. The molecule has 0 spiro atoms. The first-order valence-corrected chi connectivity index (χ1v) is 10.6. The van der Waals surface area contributed by atoms with Crippen molar-refractivity contribution in [2.75, 3.05) is 4.31 Å². The molecule has 27 heavy (non-hydrogen) atoms. The first-order chi connectivity index (χ1) is 12.8. The fraction of sp³-hybridized carbons (Fsp3) is 0.143. The van der Waals surface area contributed by atoms with Crippen molar-refractivity contribution in [3.8, 4) is 0 Å². The maximum atomic E-state index is 13.4. The quantitative estimate of drug-likeness (QED) is 0.507. The molecule has 0 N–H and O–H groups in total. The van der Waals surface area contributed by atoms with E-state index >= 15 is 0 Å². The van der Waals surface area contributed by atoms with E-state index in [9.17, 15) is 8.42 Å². The molecule has 0 fully saturated rings. The molecule has 0 saturated carbocycles. The van der Waals surface area contributed by atoms with E-state index in [1.54, 1.807) is 48.5 Å². The van der Waals surface area contributed by atoms with E-state index in [4.69, 9.17) is 23.2 Å². The zero-order valence-corrected chi connectivity index (χ0v) is 17.3. The fourth-order valence-corrected chi connectivity index (χ4v) is 4.70. The highest BCUT2D eigenvalue weighted by Crippen LogP contribution is 2.31. The molecule has 0 bridgehead atoms. The van der Waals surface area contributed by atoms with Gasteiger partial charge in [-0.2, -0.15) is 0 Å². The molecule has 0 heterocycles. The van der Waals surface area contributed by atoms with E-state index in [0.29, 0.717) is 21.3 Å². The van der Waals surface area contributed by atoms with Gasteiger partial charge in [-0.05, 0) is 55.8 Å². The van der Waals surface area contributed by atoms with Crippen LogP contribution in [0.2, 0.25) is 10.0 Å². The van der Waals surface area contributed by atoms with Crippen LogP contribution >= 0.6 is 23.2 Å². The van der Waals surface area contributed by atoms with Crippen LogP contribution in [-0.2, 0) is 16.6 Å². The molecule has 0 aliphatic carbocycles. The largest absolute Gasteiger partial charge is 0.264 e. The highest BCUT2D eigenvalue weighted by atomic mass is 35.5. The second-order valence-electron chi connectivity index (χ2n) is 6.36. The molecule has 140 valence electrons. The van der Waals surface area contributed by atoms with Crippen molar-refractivity contribution in [2.45, 2.75) is 25.3 Å². The molecule has 3 aromatic rings. The third-order valence-electron chi connectivity index (χ3n) is 4.26. The van der Waals surface area contributed by atoms with Crippen LogP contribution in [0.1, 0.15) is 16.7 Å². The summed E-state index contributed by atoms with van der Waals surface area (Å²) in [5.74, 6) is 0. The lowest BCUT2D eigenvalue weighted by Gasteiger charge is -2.26. The molecule has 0 atom stereocenters. The number of halogens is 2. The van der Waals surface area contributed by atoms with E-state index in [0.717, 1.165) is 11.1 Å². The molecule has 3 rings (SSSR count). The SMILES string of the molecule is Cc1ccc(S(=O)(=O)N(Cc2c(Cl)cccc2Cl)c2cccc(C)c2)cc1. The second kappa shape index (κ2) is 7.93. The van der Waals surface area contributed by atoms with Gasteiger partial charge in [0.25, 0.3) is 10.0 Å². The van der Waals surface area contributed by atoms with Gasteiger partial charge < -0.3 is 0 Å². The van der Waals surface area contributed by atoms with Gasteiger partial charge in [0, 0.05) is 15.6 Å². The third-order valence-corrected chi connectivity index (χ3v) is 6.76. The highest BCUT2D eigenvalue weighted by molar-refractivity contribution is 7.92. The first kappa shape index (κ1) is 19.7. The Kier molecular flexibility index (Phi) is 5.80. The number of sulfonamides is 1. The van der Waals surface area contributed by atoms with Crippen LogP contribution in [-0.4, -0.2) is 8.42 Å². The van der Waals surface area contributed by atoms with Gasteiger partial charge in [0.15, 0.2) is 0 Å². The van der Waals surface area contributed by atoms with Gasteiger partial charge in [0.2, 0.25) is 0 Å². The van der Waals surface area contributed by atoms with E-state index in [2.05, 4.69) is 0 Å². The number of rotatable bonds is 5. The summed E-state index contributed by atoms with van der Waals surface area (Å²) in [6.45, 7) is 3.87. The predicted molar refractivity (Wildman–Crippen MR) is 112 cm³/mol. The van der Waals surface area contributed by atoms with Crippen molar-refractivity contribution in [2.24, 2.45) is 0 Å². The number of anilines is 1. The summed E-state index contributed by atoms with van der Waals surface area (Å²) >= 11 is 12.6. The first-order valence-electron chi connectivity index (χ1n) is 8.38. The number of benzene rings is 3. The lowest BCUT2D eigenvalue weighted by molar-refractivity contribution is 0.590. The molecular weight excluding hydrogens is 401 g/mol. The Labute approximate surface area is 170 Å². The Morgan fingerprint density at radius 2 is 1.41 bits per heavy atom. The van der Waals surface area contributed by atoms with Crippen molar-refractivity contribution in [1.82, 2.24) is 0 Å². The zero-order valence-electron chi connectivity index (χ0n) is 15.0. The van der Waals surface area contributed by atoms with Gasteiger partial charge in [-0.3, -0.25) is 4.31 Å². The molecule has 6 heteroatoms. The molecule has 0 aliphatic rings. The number of hydrogen-bond donors (Lipinski definition) is 0. The molecule has 0 aliphatic heterocycles. The summed E-state index contributed by atoms with van der Waals surface area (Å²) in [6.07, 6.45) is 0. The minimum absolute atomic E-state index is 0.0399. The Morgan fingerprint density at radius 3 is 2.00 bits per heavy atom. The molecule has 0 radical (unpaired) electrons. The summed E-state index contributed by atoms with van der Waals surface area (Å²) in [5, 5.41) is 0.860. The van der Waals surface area contributed by atoms with Crippen molar-refractivity contribution in [3.05, 3.63) is 93.5 Å². The van der Waals surface area contributed by atoms with Crippen LogP contribution < -0.4 is 4.31 Å². The lowest BCUT2D eigenvalue weighted by atomic mass is 10.2. The van der Waals surface area contributed by atoms with Gasteiger partial charge in [-0.1, -0.05) is 59.1 Å².